The van der Waals surface area contributed by atoms with Crippen LogP contribution in [0, 0.1) is 6.92 Å². The number of nitrogens with one attached hydrogen (secondary N) is 1. The fraction of sp³-hybridized carbons (Fsp3) is 0.0769. The number of benzene rings is 1. The van der Waals surface area contributed by atoms with Gasteiger partial charge in [-0.05, 0) is 30.7 Å². The number of rotatable bonds is 3. The first-order valence-electron chi connectivity index (χ1n) is 5.30. The summed E-state index contributed by atoms with van der Waals surface area (Å²) in [4.78, 5) is 11.7. The van der Waals surface area contributed by atoms with Gasteiger partial charge in [-0.25, -0.2) is 5.43 Å². The number of furan rings is 1. The Balaban J connectivity index is 1.98. The molecule has 0 bridgehead atoms. The average Bonchev–Trinajstić information content (AvgIpc) is 2.78. The maximum atomic E-state index is 11.7. The smallest absolute Gasteiger partial charge is 0.274 e. The fourth-order valence-corrected chi connectivity index (χ4v) is 1.52. The molecule has 1 heterocycles. The van der Waals surface area contributed by atoms with E-state index in [1.165, 1.54) is 6.26 Å². The van der Waals surface area contributed by atoms with Crippen molar-refractivity contribution >= 4 is 23.7 Å². The van der Waals surface area contributed by atoms with E-state index in [-0.39, 0.29) is 5.91 Å². The highest BCUT2D eigenvalue weighted by Gasteiger charge is 2.09. The quantitative estimate of drug-likeness (QED) is 0.683. The summed E-state index contributed by atoms with van der Waals surface area (Å²) in [6.45, 7) is 1.72. The van der Waals surface area contributed by atoms with Gasteiger partial charge in [0.05, 0.1) is 18.0 Å². The molecule has 5 heteroatoms. The lowest BCUT2D eigenvalue weighted by Gasteiger charge is -1.97. The van der Waals surface area contributed by atoms with Gasteiger partial charge >= 0.3 is 0 Å². The van der Waals surface area contributed by atoms with Crippen LogP contribution in [0.3, 0.4) is 0 Å². The Morgan fingerprint density at radius 3 is 2.67 bits per heavy atom. The first-order chi connectivity index (χ1) is 8.66. The van der Waals surface area contributed by atoms with Crippen LogP contribution >= 0.6 is 11.6 Å². The minimum absolute atomic E-state index is 0.300. The van der Waals surface area contributed by atoms with Crippen molar-refractivity contribution in [1.82, 2.24) is 5.43 Å². The summed E-state index contributed by atoms with van der Waals surface area (Å²) < 4.78 is 5.04. The van der Waals surface area contributed by atoms with E-state index in [9.17, 15) is 4.79 Å². The van der Waals surface area contributed by atoms with Crippen LogP contribution in [0.25, 0.3) is 0 Å². The van der Waals surface area contributed by atoms with E-state index in [1.807, 2.05) is 0 Å². The van der Waals surface area contributed by atoms with Crippen LogP contribution in [-0.2, 0) is 0 Å². The number of aryl methyl sites for hydroxylation is 1. The van der Waals surface area contributed by atoms with Crippen LogP contribution in [0.4, 0.5) is 0 Å². The molecule has 18 heavy (non-hydrogen) atoms. The Morgan fingerprint density at radius 1 is 1.33 bits per heavy atom. The van der Waals surface area contributed by atoms with Crippen LogP contribution in [0.5, 0.6) is 0 Å². The van der Waals surface area contributed by atoms with Crippen molar-refractivity contribution in [3.63, 3.8) is 0 Å². The zero-order chi connectivity index (χ0) is 13.0. The van der Waals surface area contributed by atoms with E-state index in [0.717, 1.165) is 5.56 Å². The minimum atomic E-state index is -0.300. The van der Waals surface area contributed by atoms with E-state index in [1.54, 1.807) is 43.5 Å². The highest BCUT2D eigenvalue weighted by molar-refractivity contribution is 6.30. The molecule has 0 saturated carbocycles. The van der Waals surface area contributed by atoms with Gasteiger partial charge in [0.25, 0.3) is 5.91 Å². The van der Waals surface area contributed by atoms with E-state index in [4.69, 9.17) is 16.0 Å². The number of hydrogen-bond acceptors (Lipinski definition) is 3. The molecule has 92 valence electrons. The highest BCUT2D eigenvalue weighted by atomic mass is 35.5. The van der Waals surface area contributed by atoms with Crippen LogP contribution in [-0.4, -0.2) is 12.1 Å². The molecule has 0 aliphatic carbocycles. The summed E-state index contributed by atoms with van der Waals surface area (Å²) >= 11 is 5.76. The van der Waals surface area contributed by atoms with Crippen LogP contribution in [0.2, 0.25) is 5.02 Å². The topological polar surface area (TPSA) is 54.6 Å². The third-order valence-electron chi connectivity index (χ3n) is 2.35. The molecule has 1 aromatic carbocycles. The average molecular weight is 263 g/mol. The number of hydrazone groups is 1. The molecular weight excluding hydrogens is 252 g/mol. The van der Waals surface area contributed by atoms with Gasteiger partial charge in [0.2, 0.25) is 0 Å². The largest absolute Gasteiger partial charge is 0.469 e. The van der Waals surface area contributed by atoms with Crippen molar-refractivity contribution in [2.75, 3.05) is 0 Å². The minimum Gasteiger partial charge on any atom is -0.469 e. The Morgan fingerprint density at radius 2 is 2.06 bits per heavy atom. The molecule has 0 unspecified atom stereocenters. The van der Waals surface area contributed by atoms with Gasteiger partial charge in [-0.2, -0.15) is 5.10 Å². The molecule has 1 aromatic heterocycles. The molecule has 2 aromatic rings. The molecule has 0 radical (unpaired) electrons. The third-order valence-corrected chi connectivity index (χ3v) is 2.61. The number of halogens is 1. The molecule has 1 N–H and O–H groups in total. The summed E-state index contributed by atoms with van der Waals surface area (Å²) in [5, 5.41) is 4.52. The van der Waals surface area contributed by atoms with Crippen molar-refractivity contribution in [1.29, 1.82) is 0 Å². The molecule has 2 rings (SSSR count). The van der Waals surface area contributed by atoms with Gasteiger partial charge in [0.15, 0.2) is 0 Å². The first-order valence-corrected chi connectivity index (χ1v) is 5.67. The van der Waals surface area contributed by atoms with Gasteiger partial charge in [-0.15, -0.1) is 0 Å². The second-order valence-corrected chi connectivity index (χ2v) is 4.08. The molecule has 0 spiro atoms. The van der Waals surface area contributed by atoms with Gasteiger partial charge < -0.3 is 4.42 Å². The van der Waals surface area contributed by atoms with Gasteiger partial charge in [0, 0.05) is 5.02 Å². The lowest BCUT2D eigenvalue weighted by atomic mass is 10.2. The molecule has 1 amide bonds. The van der Waals surface area contributed by atoms with Crippen LogP contribution < -0.4 is 5.43 Å². The Kier molecular flexibility index (Phi) is 3.79. The number of hydrogen-bond donors (Lipinski definition) is 1. The van der Waals surface area contributed by atoms with Crippen molar-refractivity contribution in [2.24, 2.45) is 5.10 Å². The molecule has 0 fully saturated rings. The monoisotopic (exact) mass is 262 g/mol. The van der Waals surface area contributed by atoms with E-state index >= 15 is 0 Å². The van der Waals surface area contributed by atoms with Crippen LogP contribution in [0.1, 0.15) is 21.7 Å². The second-order valence-electron chi connectivity index (χ2n) is 3.64. The van der Waals surface area contributed by atoms with Crippen molar-refractivity contribution < 1.29 is 9.21 Å². The molecule has 0 aliphatic rings. The van der Waals surface area contributed by atoms with Crippen LogP contribution in [0.15, 0.2) is 46.1 Å². The van der Waals surface area contributed by atoms with E-state index < -0.39 is 0 Å². The number of amides is 1. The molecule has 0 atom stereocenters. The van der Waals surface area contributed by atoms with Gasteiger partial charge in [-0.1, -0.05) is 23.7 Å². The Labute approximate surface area is 109 Å². The molecule has 4 nitrogen and oxygen atoms in total. The normalized spacial score (nSPS) is 10.8. The maximum Gasteiger partial charge on any atom is 0.274 e. The number of nitrogens with zero attached hydrogens (tertiary/aromatic N) is 1. The highest BCUT2D eigenvalue weighted by Crippen LogP contribution is 2.09. The van der Waals surface area contributed by atoms with Gasteiger partial charge in [-0.3, -0.25) is 4.79 Å². The van der Waals surface area contributed by atoms with Gasteiger partial charge in [0.1, 0.15) is 5.76 Å². The summed E-state index contributed by atoms with van der Waals surface area (Å²) in [6.07, 6.45) is 3.01. The summed E-state index contributed by atoms with van der Waals surface area (Å²) in [5.74, 6) is 0.264. The van der Waals surface area contributed by atoms with E-state index in [2.05, 4.69) is 10.5 Å². The number of carbonyl (C=O) groups is 1. The first kappa shape index (κ1) is 12.4. The summed E-state index contributed by atoms with van der Waals surface area (Å²) in [7, 11) is 0. The third kappa shape index (κ3) is 2.99. The zero-order valence-corrected chi connectivity index (χ0v) is 10.4. The predicted molar refractivity (Wildman–Crippen MR) is 70.0 cm³/mol. The summed E-state index contributed by atoms with van der Waals surface area (Å²) in [6, 6.07) is 8.72. The predicted octanol–water partition coefficient (Wildman–Crippen LogP) is 3.01. The summed E-state index contributed by atoms with van der Waals surface area (Å²) in [5.41, 5.74) is 3.75. The van der Waals surface area contributed by atoms with E-state index in [0.29, 0.717) is 16.3 Å². The maximum absolute atomic E-state index is 11.7. The van der Waals surface area contributed by atoms with Crippen molar-refractivity contribution in [2.45, 2.75) is 6.92 Å². The number of carbonyl (C=O) groups excluding carboxylic acids is 1. The lowest BCUT2D eigenvalue weighted by Crippen LogP contribution is -2.17. The Bertz CT molecular complexity index is 573. The van der Waals surface area contributed by atoms with Crippen molar-refractivity contribution in [3.8, 4) is 0 Å². The zero-order valence-electron chi connectivity index (χ0n) is 9.68. The lowest BCUT2D eigenvalue weighted by molar-refractivity contribution is 0.0953. The molecule has 0 aliphatic heterocycles. The Hall–Kier alpha value is -2.07. The standard InChI is InChI=1S/C13H11ClN2O2/c1-9-12(6-7-18-9)13(17)16-15-8-10-2-4-11(14)5-3-10/h2-8H,1H3,(H,16,17). The van der Waals surface area contributed by atoms with Crippen molar-refractivity contribution in [3.05, 3.63) is 58.5 Å². The second kappa shape index (κ2) is 5.51. The fourth-order valence-electron chi connectivity index (χ4n) is 1.40. The SMILES string of the molecule is Cc1occc1C(=O)NN=Cc1ccc(Cl)cc1. The molecular formula is C13H11ClN2O2. The molecule has 0 saturated heterocycles.